The molecule has 0 saturated carbocycles. The van der Waals surface area contributed by atoms with Crippen molar-refractivity contribution in [3.05, 3.63) is 29.8 Å². The van der Waals surface area contributed by atoms with Gasteiger partial charge in [0, 0.05) is 26.2 Å². The Kier molecular flexibility index (Phi) is 5.23. The standard InChI is InChI=1S/C16H22N2O3S/c1-20-14-4-2-13(3-5-14)16-18(15(19)12-22-16)7-6-17-8-10-21-11-9-17/h2-5,16H,6-12H2,1H3. The lowest BCUT2D eigenvalue weighted by atomic mass is 10.2. The summed E-state index contributed by atoms with van der Waals surface area (Å²) in [5.41, 5.74) is 1.17. The van der Waals surface area contributed by atoms with Crippen LogP contribution in [-0.4, -0.2) is 68.0 Å². The van der Waals surface area contributed by atoms with Gasteiger partial charge in [-0.1, -0.05) is 12.1 Å². The summed E-state index contributed by atoms with van der Waals surface area (Å²) in [6.07, 6.45) is 0. The lowest BCUT2D eigenvalue weighted by Gasteiger charge is -2.30. The summed E-state index contributed by atoms with van der Waals surface area (Å²) in [6.45, 7) is 5.21. The fourth-order valence-electron chi connectivity index (χ4n) is 2.81. The molecule has 1 unspecified atom stereocenters. The molecule has 22 heavy (non-hydrogen) atoms. The van der Waals surface area contributed by atoms with E-state index in [9.17, 15) is 4.79 Å². The first-order valence-corrected chi connectivity index (χ1v) is 8.68. The van der Waals surface area contributed by atoms with Crippen LogP contribution < -0.4 is 4.74 Å². The molecule has 0 bridgehead atoms. The topological polar surface area (TPSA) is 42.0 Å². The maximum atomic E-state index is 12.2. The molecular weight excluding hydrogens is 300 g/mol. The summed E-state index contributed by atoms with van der Waals surface area (Å²) < 4.78 is 10.6. The number of amides is 1. The molecule has 2 aliphatic heterocycles. The van der Waals surface area contributed by atoms with Crippen LogP contribution in [0.25, 0.3) is 0 Å². The van der Waals surface area contributed by atoms with Gasteiger partial charge in [-0.25, -0.2) is 0 Å². The SMILES string of the molecule is COc1ccc(C2SCC(=O)N2CCN2CCOCC2)cc1. The van der Waals surface area contributed by atoms with Gasteiger partial charge in [-0.2, -0.15) is 0 Å². The average Bonchev–Trinajstić information content (AvgIpc) is 2.95. The van der Waals surface area contributed by atoms with Gasteiger partial charge < -0.3 is 14.4 Å². The summed E-state index contributed by atoms with van der Waals surface area (Å²) in [5, 5.41) is 0.124. The van der Waals surface area contributed by atoms with E-state index in [1.165, 1.54) is 5.56 Å². The molecule has 0 aromatic heterocycles. The predicted molar refractivity (Wildman–Crippen MR) is 87.2 cm³/mol. The molecule has 2 fully saturated rings. The van der Waals surface area contributed by atoms with Crippen LogP contribution in [0.3, 0.4) is 0 Å². The minimum atomic E-state index is 0.124. The highest BCUT2D eigenvalue weighted by Crippen LogP contribution is 2.38. The van der Waals surface area contributed by atoms with Crippen LogP contribution in [0, 0.1) is 0 Å². The molecule has 2 heterocycles. The second-order valence-corrected chi connectivity index (χ2v) is 6.55. The zero-order valence-electron chi connectivity index (χ0n) is 12.9. The first-order chi connectivity index (χ1) is 10.8. The van der Waals surface area contributed by atoms with Gasteiger partial charge in [-0.15, -0.1) is 11.8 Å². The maximum absolute atomic E-state index is 12.2. The molecule has 1 amide bonds. The minimum Gasteiger partial charge on any atom is -0.497 e. The molecule has 2 saturated heterocycles. The van der Waals surface area contributed by atoms with Gasteiger partial charge in [0.15, 0.2) is 0 Å². The van der Waals surface area contributed by atoms with E-state index in [0.29, 0.717) is 5.75 Å². The quantitative estimate of drug-likeness (QED) is 0.824. The Hall–Kier alpha value is -1.24. The monoisotopic (exact) mass is 322 g/mol. The van der Waals surface area contributed by atoms with Crippen molar-refractivity contribution in [2.45, 2.75) is 5.37 Å². The lowest BCUT2D eigenvalue weighted by molar-refractivity contribution is -0.128. The average molecular weight is 322 g/mol. The largest absolute Gasteiger partial charge is 0.497 e. The summed E-state index contributed by atoms with van der Waals surface area (Å²) in [5.74, 6) is 1.65. The fraction of sp³-hybridized carbons (Fsp3) is 0.562. The number of rotatable bonds is 5. The molecule has 5 nitrogen and oxygen atoms in total. The Morgan fingerprint density at radius 3 is 2.64 bits per heavy atom. The summed E-state index contributed by atoms with van der Waals surface area (Å²) in [4.78, 5) is 16.6. The Morgan fingerprint density at radius 2 is 1.95 bits per heavy atom. The Morgan fingerprint density at radius 1 is 1.23 bits per heavy atom. The van der Waals surface area contributed by atoms with Crippen LogP contribution >= 0.6 is 11.8 Å². The van der Waals surface area contributed by atoms with Gasteiger partial charge in [-0.05, 0) is 17.7 Å². The molecular formula is C16H22N2O3S. The van der Waals surface area contributed by atoms with E-state index < -0.39 is 0 Å². The van der Waals surface area contributed by atoms with Gasteiger partial charge >= 0.3 is 0 Å². The van der Waals surface area contributed by atoms with Crippen molar-refractivity contribution < 1.29 is 14.3 Å². The van der Waals surface area contributed by atoms with E-state index in [-0.39, 0.29) is 11.3 Å². The van der Waals surface area contributed by atoms with Crippen molar-refractivity contribution in [3.8, 4) is 5.75 Å². The summed E-state index contributed by atoms with van der Waals surface area (Å²) in [7, 11) is 1.66. The maximum Gasteiger partial charge on any atom is 0.233 e. The molecule has 0 spiro atoms. The molecule has 2 aliphatic rings. The number of morpholine rings is 1. The Balaban J connectivity index is 1.63. The molecule has 1 atom stereocenters. The van der Waals surface area contributed by atoms with E-state index >= 15 is 0 Å². The highest BCUT2D eigenvalue weighted by atomic mass is 32.2. The van der Waals surface area contributed by atoms with Gasteiger partial charge in [0.05, 0.1) is 26.1 Å². The molecule has 0 N–H and O–H groups in total. The third kappa shape index (κ3) is 3.56. The highest BCUT2D eigenvalue weighted by molar-refractivity contribution is 8.00. The van der Waals surface area contributed by atoms with Crippen LogP contribution in [0.15, 0.2) is 24.3 Å². The number of thioether (sulfide) groups is 1. The van der Waals surface area contributed by atoms with Crippen molar-refractivity contribution >= 4 is 17.7 Å². The molecule has 0 radical (unpaired) electrons. The van der Waals surface area contributed by atoms with Gasteiger partial charge in [-0.3, -0.25) is 9.69 Å². The second kappa shape index (κ2) is 7.35. The number of nitrogens with zero attached hydrogens (tertiary/aromatic N) is 2. The minimum absolute atomic E-state index is 0.124. The van der Waals surface area contributed by atoms with Gasteiger partial charge in [0.2, 0.25) is 5.91 Å². The normalized spacial score (nSPS) is 23.0. The summed E-state index contributed by atoms with van der Waals surface area (Å²) in [6, 6.07) is 8.02. The third-order valence-corrected chi connectivity index (χ3v) is 5.39. The zero-order chi connectivity index (χ0) is 15.4. The van der Waals surface area contributed by atoms with Crippen molar-refractivity contribution in [1.82, 2.24) is 9.80 Å². The van der Waals surface area contributed by atoms with Crippen LogP contribution in [-0.2, 0) is 9.53 Å². The Bertz CT molecular complexity index is 503. The summed E-state index contributed by atoms with van der Waals surface area (Å²) >= 11 is 1.70. The first-order valence-electron chi connectivity index (χ1n) is 7.63. The van der Waals surface area contributed by atoms with Crippen molar-refractivity contribution in [1.29, 1.82) is 0 Å². The number of benzene rings is 1. The zero-order valence-corrected chi connectivity index (χ0v) is 13.7. The number of methoxy groups -OCH3 is 1. The number of carbonyl (C=O) groups excluding carboxylic acids is 1. The highest BCUT2D eigenvalue weighted by Gasteiger charge is 2.32. The van der Waals surface area contributed by atoms with E-state index in [1.807, 2.05) is 17.0 Å². The van der Waals surface area contributed by atoms with Crippen molar-refractivity contribution in [3.63, 3.8) is 0 Å². The van der Waals surface area contributed by atoms with Crippen molar-refractivity contribution in [2.75, 3.05) is 52.3 Å². The van der Waals surface area contributed by atoms with E-state index in [1.54, 1.807) is 18.9 Å². The van der Waals surface area contributed by atoms with Crippen LogP contribution in [0.1, 0.15) is 10.9 Å². The smallest absolute Gasteiger partial charge is 0.233 e. The predicted octanol–water partition coefficient (Wildman–Crippen LogP) is 1.60. The second-order valence-electron chi connectivity index (χ2n) is 5.48. The molecule has 1 aromatic rings. The molecule has 0 aliphatic carbocycles. The number of ether oxygens (including phenoxy) is 2. The van der Waals surface area contributed by atoms with Crippen LogP contribution in [0.5, 0.6) is 5.75 Å². The van der Waals surface area contributed by atoms with E-state index in [2.05, 4.69) is 17.0 Å². The van der Waals surface area contributed by atoms with Gasteiger partial charge in [0.25, 0.3) is 0 Å². The van der Waals surface area contributed by atoms with Gasteiger partial charge in [0.1, 0.15) is 11.1 Å². The number of hydrogen-bond donors (Lipinski definition) is 0. The van der Waals surface area contributed by atoms with E-state index in [0.717, 1.165) is 45.1 Å². The molecule has 3 rings (SSSR count). The molecule has 120 valence electrons. The van der Waals surface area contributed by atoms with Crippen LogP contribution in [0.2, 0.25) is 0 Å². The molecule has 6 heteroatoms. The third-order valence-electron chi connectivity index (χ3n) is 4.13. The number of carbonyl (C=O) groups is 1. The molecule has 1 aromatic carbocycles. The lowest BCUT2D eigenvalue weighted by Crippen LogP contribution is -2.42. The first kappa shape index (κ1) is 15.6. The van der Waals surface area contributed by atoms with E-state index in [4.69, 9.17) is 9.47 Å². The number of hydrogen-bond acceptors (Lipinski definition) is 5. The Labute approximate surface area is 135 Å². The van der Waals surface area contributed by atoms with Crippen LogP contribution in [0.4, 0.5) is 0 Å². The fourth-order valence-corrected chi connectivity index (χ4v) is 4.03. The van der Waals surface area contributed by atoms with Crippen molar-refractivity contribution in [2.24, 2.45) is 0 Å².